The lowest BCUT2D eigenvalue weighted by molar-refractivity contribution is -0.146. The molecule has 1 aromatic heterocycles. The maximum atomic E-state index is 12.5. The zero-order valence-electron chi connectivity index (χ0n) is 18.8. The van der Waals surface area contributed by atoms with Crippen LogP contribution in [0.2, 0.25) is 0 Å². The van der Waals surface area contributed by atoms with Crippen molar-refractivity contribution in [2.75, 3.05) is 13.7 Å². The molecule has 2 heterocycles. The number of ether oxygens (including phenoxy) is 3. The van der Waals surface area contributed by atoms with Crippen LogP contribution in [0.3, 0.4) is 0 Å². The van der Waals surface area contributed by atoms with Crippen LogP contribution in [0, 0.1) is 12.8 Å². The molecule has 0 saturated carbocycles. The number of benzene rings is 1. The number of amides is 1. The molecule has 1 atom stereocenters. The molecule has 2 aromatic rings. The molecule has 31 heavy (non-hydrogen) atoms. The van der Waals surface area contributed by atoms with Gasteiger partial charge in [0.2, 0.25) is 0 Å². The van der Waals surface area contributed by atoms with E-state index in [-0.39, 0.29) is 18.1 Å². The molecule has 8 nitrogen and oxygen atoms in total. The van der Waals surface area contributed by atoms with E-state index >= 15 is 0 Å². The Labute approximate surface area is 180 Å². The minimum Gasteiger partial charge on any atom is -0.487 e. The van der Waals surface area contributed by atoms with E-state index < -0.39 is 23.5 Å². The van der Waals surface area contributed by atoms with Gasteiger partial charge >= 0.3 is 11.6 Å². The van der Waals surface area contributed by atoms with E-state index in [0.717, 1.165) is 12.0 Å². The van der Waals surface area contributed by atoms with E-state index in [1.165, 1.54) is 13.2 Å². The first-order valence-corrected chi connectivity index (χ1v) is 10.3. The number of rotatable bonds is 6. The van der Waals surface area contributed by atoms with Crippen LogP contribution in [-0.2, 0) is 20.7 Å². The van der Waals surface area contributed by atoms with Crippen molar-refractivity contribution in [3.8, 4) is 11.5 Å². The zero-order valence-corrected chi connectivity index (χ0v) is 18.8. The summed E-state index contributed by atoms with van der Waals surface area (Å²) in [4.78, 5) is 36.4. The van der Waals surface area contributed by atoms with Crippen LogP contribution in [0.15, 0.2) is 21.3 Å². The molecule has 8 heteroatoms. The number of aryl methyl sites for hydroxylation is 2. The Kier molecular flexibility index (Phi) is 6.29. The first-order valence-electron chi connectivity index (χ1n) is 10.3. The van der Waals surface area contributed by atoms with Gasteiger partial charge in [-0.3, -0.25) is 4.79 Å². The minimum absolute atomic E-state index is 0.145. The van der Waals surface area contributed by atoms with Crippen molar-refractivity contribution >= 4 is 22.8 Å². The van der Waals surface area contributed by atoms with Gasteiger partial charge in [-0.15, -0.1) is 0 Å². The quantitative estimate of drug-likeness (QED) is 0.554. The molecule has 1 amide bonds. The fraction of sp³-hybridized carbons (Fsp3) is 0.522. The Hall–Kier alpha value is -3.03. The van der Waals surface area contributed by atoms with Gasteiger partial charge in [0.1, 0.15) is 28.7 Å². The SMILES string of the molecule is COC(=O)C(NC(=O)COc1cc2c(c3oc(=O)cc(C)c13)CCC(C)(C)O2)C(C)C. The molecule has 0 aliphatic carbocycles. The number of carbonyl (C=O) groups excluding carboxylic acids is 2. The molecule has 1 N–H and O–H groups in total. The van der Waals surface area contributed by atoms with E-state index in [4.69, 9.17) is 18.6 Å². The maximum Gasteiger partial charge on any atom is 0.336 e. The highest BCUT2D eigenvalue weighted by Crippen LogP contribution is 2.42. The number of carbonyl (C=O) groups is 2. The molecule has 3 rings (SSSR count). The van der Waals surface area contributed by atoms with E-state index in [1.807, 2.05) is 27.7 Å². The lowest BCUT2D eigenvalue weighted by Gasteiger charge is -2.33. The molecule has 0 radical (unpaired) electrons. The highest BCUT2D eigenvalue weighted by Gasteiger charge is 2.31. The molecule has 1 aliphatic rings. The van der Waals surface area contributed by atoms with Gasteiger partial charge < -0.3 is 23.9 Å². The standard InChI is InChI=1S/C23H29NO7/c1-12(2)20(22(27)28-6)24-17(25)11-29-16-10-15-14(7-8-23(4,5)31-15)21-19(16)13(3)9-18(26)30-21/h9-10,12,20H,7-8,11H2,1-6H3,(H,24,25). The topological polar surface area (TPSA) is 104 Å². The van der Waals surface area contributed by atoms with Gasteiger partial charge in [0.15, 0.2) is 6.61 Å². The van der Waals surface area contributed by atoms with Crippen LogP contribution in [0.4, 0.5) is 0 Å². The minimum atomic E-state index is -0.773. The van der Waals surface area contributed by atoms with Crippen molar-refractivity contribution in [1.82, 2.24) is 5.32 Å². The highest BCUT2D eigenvalue weighted by atomic mass is 16.5. The van der Waals surface area contributed by atoms with Gasteiger partial charge in [-0.2, -0.15) is 0 Å². The molecule has 0 saturated heterocycles. The van der Waals surface area contributed by atoms with Crippen LogP contribution < -0.4 is 20.4 Å². The molecule has 1 aliphatic heterocycles. The molecule has 1 aromatic carbocycles. The summed E-state index contributed by atoms with van der Waals surface area (Å²) >= 11 is 0. The smallest absolute Gasteiger partial charge is 0.336 e. The van der Waals surface area contributed by atoms with Crippen LogP contribution >= 0.6 is 0 Å². The second-order valence-electron chi connectivity index (χ2n) is 8.77. The van der Waals surface area contributed by atoms with Crippen molar-refractivity contribution in [1.29, 1.82) is 0 Å². The fourth-order valence-electron chi connectivity index (χ4n) is 3.72. The van der Waals surface area contributed by atoms with Crippen LogP contribution in [-0.4, -0.2) is 37.2 Å². The van der Waals surface area contributed by atoms with Gasteiger partial charge in [-0.1, -0.05) is 13.8 Å². The van der Waals surface area contributed by atoms with E-state index in [2.05, 4.69) is 5.32 Å². The molecular formula is C23H29NO7. The maximum absolute atomic E-state index is 12.5. The molecule has 168 valence electrons. The third kappa shape index (κ3) is 4.84. The van der Waals surface area contributed by atoms with Crippen molar-refractivity contribution in [3.05, 3.63) is 33.7 Å². The summed E-state index contributed by atoms with van der Waals surface area (Å²) in [6.07, 6.45) is 1.47. The van der Waals surface area contributed by atoms with E-state index in [0.29, 0.717) is 34.5 Å². The number of nitrogens with one attached hydrogen (secondary N) is 1. The second kappa shape index (κ2) is 8.61. The Bertz CT molecular complexity index is 1070. The third-order valence-corrected chi connectivity index (χ3v) is 5.40. The Morgan fingerprint density at radius 2 is 1.97 bits per heavy atom. The normalized spacial score (nSPS) is 15.7. The first kappa shape index (κ1) is 22.7. The predicted octanol–water partition coefficient (Wildman–Crippen LogP) is 2.90. The van der Waals surface area contributed by atoms with Crippen molar-refractivity contribution in [2.24, 2.45) is 5.92 Å². The summed E-state index contributed by atoms with van der Waals surface area (Å²) in [5.74, 6) is -0.181. The van der Waals surface area contributed by atoms with Crippen molar-refractivity contribution in [3.63, 3.8) is 0 Å². The lowest BCUT2D eigenvalue weighted by Crippen LogP contribution is -2.46. The van der Waals surface area contributed by atoms with Gasteiger partial charge in [0, 0.05) is 17.7 Å². The fourth-order valence-corrected chi connectivity index (χ4v) is 3.72. The number of hydrogen-bond acceptors (Lipinski definition) is 7. The molecule has 1 unspecified atom stereocenters. The van der Waals surface area contributed by atoms with Gasteiger partial charge in [0.05, 0.1) is 12.5 Å². The number of hydrogen-bond donors (Lipinski definition) is 1. The average molecular weight is 431 g/mol. The second-order valence-corrected chi connectivity index (χ2v) is 8.77. The van der Waals surface area contributed by atoms with Gasteiger partial charge in [-0.05, 0) is 45.1 Å². The number of esters is 1. The molecule has 0 bridgehead atoms. The Morgan fingerprint density at radius 3 is 2.61 bits per heavy atom. The van der Waals surface area contributed by atoms with Crippen molar-refractivity contribution < 1.29 is 28.2 Å². The molecule has 0 spiro atoms. The largest absolute Gasteiger partial charge is 0.487 e. The third-order valence-electron chi connectivity index (χ3n) is 5.40. The van der Waals surface area contributed by atoms with Crippen molar-refractivity contribution in [2.45, 2.75) is 59.1 Å². The van der Waals surface area contributed by atoms with Crippen LogP contribution in [0.1, 0.15) is 45.2 Å². The summed E-state index contributed by atoms with van der Waals surface area (Å²) in [7, 11) is 1.28. The number of methoxy groups -OCH3 is 1. The average Bonchev–Trinajstić information content (AvgIpc) is 2.67. The lowest BCUT2D eigenvalue weighted by atomic mass is 9.92. The summed E-state index contributed by atoms with van der Waals surface area (Å²) in [5.41, 5.74) is 1.10. The van der Waals surface area contributed by atoms with E-state index in [9.17, 15) is 14.4 Å². The monoisotopic (exact) mass is 431 g/mol. The van der Waals surface area contributed by atoms with Gasteiger partial charge in [0.25, 0.3) is 5.91 Å². The summed E-state index contributed by atoms with van der Waals surface area (Å²) in [6.45, 7) is 9.06. The summed E-state index contributed by atoms with van der Waals surface area (Å²) in [6, 6.07) is 2.35. The van der Waals surface area contributed by atoms with Crippen LogP contribution in [0.25, 0.3) is 11.0 Å². The first-order chi connectivity index (χ1) is 14.5. The number of fused-ring (bicyclic) bond motifs is 3. The predicted molar refractivity (Wildman–Crippen MR) is 115 cm³/mol. The molecule has 0 fully saturated rings. The van der Waals surface area contributed by atoms with Gasteiger partial charge in [-0.25, -0.2) is 9.59 Å². The summed E-state index contributed by atoms with van der Waals surface area (Å²) in [5, 5.41) is 3.27. The highest BCUT2D eigenvalue weighted by molar-refractivity contribution is 5.92. The Balaban J connectivity index is 1.92. The Morgan fingerprint density at radius 1 is 1.26 bits per heavy atom. The molecular weight excluding hydrogens is 402 g/mol. The zero-order chi connectivity index (χ0) is 22.9. The van der Waals surface area contributed by atoms with Crippen LogP contribution in [0.5, 0.6) is 11.5 Å². The van der Waals surface area contributed by atoms with E-state index in [1.54, 1.807) is 13.0 Å². The summed E-state index contributed by atoms with van der Waals surface area (Å²) < 4.78 is 22.2.